The van der Waals surface area contributed by atoms with Crippen molar-refractivity contribution in [3.8, 4) is 22.8 Å². The van der Waals surface area contributed by atoms with E-state index in [1.165, 1.54) is 0 Å². The molecule has 1 atom stereocenters. The third kappa shape index (κ3) is 4.24. The molecule has 0 spiro atoms. The van der Waals surface area contributed by atoms with Crippen molar-refractivity contribution >= 4 is 16.9 Å². The second kappa shape index (κ2) is 7.85. The van der Waals surface area contributed by atoms with E-state index in [0.29, 0.717) is 30.7 Å². The van der Waals surface area contributed by atoms with Crippen molar-refractivity contribution < 1.29 is 40.8 Å². The van der Waals surface area contributed by atoms with Crippen LogP contribution in [0.5, 0.6) is 0 Å². The summed E-state index contributed by atoms with van der Waals surface area (Å²) in [4.78, 5) is 15.2. The van der Waals surface area contributed by atoms with Crippen LogP contribution in [0.15, 0.2) is 47.0 Å². The van der Waals surface area contributed by atoms with Gasteiger partial charge in [-0.1, -0.05) is 5.16 Å². The molecule has 0 fully saturated rings. The van der Waals surface area contributed by atoms with E-state index in [0.717, 1.165) is 16.6 Å². The van der Waals surface area contributed by atoms with E-state index >= 15 is 0 Å². The summed E-state index contributed by atoms with van der Waals surface area (Å²) in [5.41, 5.74) is -1.28. The van der Waals surface area contributed by atoms with Gasteiger partial charge in [0.05, 0.1) is 17.5 Å². The van der Waals surface area contributed by atoms with Crippen LogP contribution in [0.4, 0.5) is 26.3 Å². The maximum atomic E-state index is 13.2. The van der Waals surface area contributed by atoms with Crippen LogP contribution in [0, 0.1) is 0 Å². The molecular formula is C23H15F6N3O3. The highest BCUT2D eigenvalue weighted by atomic mass is 19.4. The van der Waals surface area contributed by atoms with Crippen molar-refractivity contribution in [2.75, 3.05) is 0 Å². The highest BCUT2D eigenvalue weighted by Gasteiger charge is 2.37. The predicted octanol–water partition coefficient (Wildman–Crippen LogP) is 6.36. The van der Waals surface area contributed by atoms with Gasteiger partial charge in [-0.05, 0) is 48.9 Å². The van der Waals surface area contributed by atoms with Gasteiger partial charge in [0.1, 0.15) is 0 Å². The number of benzene rings is 2. The summed E-state index contributed by atoms with van der Waals surface area (Å²) >= 11 is 0. The first kappa shape index (κ1) is 22.9. The zero-order chi connectivity index (χ0) is 25.1. The number of carboxylic acids is 1. The molecule has 0 unspecified atom stereocenters. The first-order valence-electron chi connectivity index (χ1n) is 10.4. The third-order valence-electron chi connectivity index (χ3n) is 5.99. The van der Waals surface area contributed by atoms with Gasteiger partial charge in [-0.2, -0.15) is 31.3 Å². The molecule has 0 saturated carbocycles. The number of carboxylic acid groups (broad SMARTS) is 1. The normalized spacial score (nSPS) is 16.1. The molecule has 3 heterocycles. The van der Waals surface area contributed by atoms with E-state index in [1.807, 2.05) is 10.6 Å². The Labute approximate surface area is 192 Å². The van der Waals surface area contributed by atoms with E-state index in [2.05, 4.69) is 10.1 Å². The quantitative estimate of drug-likeness (QED) is 0.334. The second-order valence-electron chi connectivity index (χ2n) is 8.30. The largest absolute Gasteiger partial charge is 0.481 e. The molecule has 2 aromatic carbocycles. The van der Waals surface area contributed by atoms with Gasteiger partial charge in [-0.15, -0.1) is 0 Å². The lowest BCUT2D eigenvalue weighted by molar-refractivity contribution is -0.143. The number of carbonyl (C=O) groups is 1. The van der Waals surface area contributed by atoms with Crippen LogP contribution in [0.3, 0.4) is 0 Å². The molecule has 0 radical (unpaired) electrons. The summed E-state index contributed by atoms with van der Waals surface area (Å²) in [5.74, 6) is -1.51. The van der Waals surface area contributed by atoms with Crippen LogP contribution < -0.4 is 0 Å². The Bertz CT molecular complexity index is 1420. The Hall–Kier alpha value is -3.83. The van der Waals surface area contributed by atoms with Gasteiger partial charge < -0.3 is 14.2 Å². The average molecular weight is 495 g/mol. The molecule has 182 valence electrons. The second-order valence-corrected chi connectivity index (χ2v) is 8.30. The number of aryl methyl sites for hydroxylation is 1. The highest BCUT2D eigenvalue weighted by Crippen LogP contribution is 2.40. The standard InChI is InChI=1S/C23H15F6N3O3/c24-22(25,26)15-6-14(7-16(10-15)23(27,28)29)21-30-20(31-35-21)12-1-2-17-13(5-12)8-18-11(9-19(33)34)3-4-32(17)18/h1-2,5-8,10-11H,3-4,9H2,(H,33,34)/t11-/m0/s1. The van der Waals surface area contributed by atoms with E-state index in [9.17, 15) is 31.1 Å². The summed E-state index contributed by atoms with van der Waals surface area (Å²) in [6, 6.07) is 8.08. The topological polar surface area (TPSA) is 81.1 Å². The number of hydrogen-bond acceptors (Lipinski definition) is 4. The fourth-order valence-corrected chi connectivity index (χ4v) is 4.41. The molecule has 2 aromatic heterocycles. The molecule has 1 aliphatic heterocycles. The molecule has 12 heteroatoms. The number of hydrogen-bond donors (Lipinski definition) is 1. The molecule has 4 aromatic rings. The zero-order valence-electron chi connectivity index (χ0n) is 17.6. The van der Waals surface area contributed by atoms with Crippen molar-refractivity contribution in [1.82, 2.24) is 14.7 Å². The third-order valence-corrected chi connectivity index (χ3v) is 5.99. The van der Waals surface area contributed by atoms with Gasteiger partial charge in [-0.3, -0.25) is 4.79 Å². The zero-order valence-corrected chi connectivity index (χ0v) is 17.6. The van der Waals surface area contributed by atoms with Crippen LogP contribution in [0.25, 0.3) is 33.7 Å². The van der Waals surface area contributed by atoms with E-state index < -0.39 is 40.9 Å². The molecule has 0 bridgehead atoms. The molecule has 0 amide bonds. The van der Waals surface area contributed by atoms with Crippen LogP contribution in [0.2, 0.25) is 0 Å². The van der Waals surface area contributed by atoms with Crippen LogP contribution in [-0.4, -0.2) is 25.8 Å². The molecular weight excluding hydrogens is 480 g/mol. The number of nitrogens with zero attached hydrogens (tertiary/aromatic N) is 3. The molecule has 35 heavy (non-hydrogen) atoms. The van der Waals surface area contributed by atoms with Crippen molar-refractivity contribution in [3.05, 3.63) is 59.3 Å². The fraction of sp³-hybridized carbons (Fsp3) is 0.261. The van der Waals surface area contributed by atoms with Crippen LogP contribution in [0.1, 0.15) is 35.6 Å². The maximum absolute atomic E-state index is 13.2. The SMILES string of the molecule is O=C(O)C[C@@H]1CCn2c1cc1cc(-c3noc(-c4cc(C(F)(F)F)cc(C(F)(F)F)c4)n3)ccc12. The van der Waals surface area contributed by atoms with Crippen LogP contribution in [-0.2, 0) is 23.7 Å². The lowest BCUT2D eigenvalue weighted by Crippen LogP contribution is -2.11. The molecule has 1 aliphatic rings. The van der Waals surface area contributed by atoms with Gasteiger partial charge in [-0.25, -0.2) is 0 Å². The number of halogens is 6. The smallest absolute Gasteiger partial charge is 0.416 e. The average Bonchev–Trinajstić information content (AvgIpc) is 3.48. The Morgan fingerprint density at radius 2 is 1.69 bits per heavy atom. The van der Waals surface area contributed by atoms with Gasteiger partial charge in [0.25, 0.3) is 5.89 Å². The summed E-state index contributed by atoms with van der Waals surface area (Å²) < 4.78 is 86.0. The predicted molar refractivity (Wildman–Crippen MR) is 110 cm³/mol. The highest BCUT2D eigenvalue weighted by molar-refractivity contribution is 5.86. The van der Waals surface area contributed by atoms with Crippen molar-refractivity contribution in [2.45, 2.75) is 37.7 Å². The number of rotatable bonds is 4. The van der Waals surface area contributed by atoms with Crippen molar-refractivity contribution in [3.63, 3.8) is 0 Å². The lowest BCUT2D eigenvalue weighted by atomic mass is 10.00. The van der Waals surface area contributed by atoms with E-state index in [-0.39, 0.29) is 24.2 Å². The fourth-order valence-electron chi connectivity index (χ4n) is 4.41. The number of fused-ring (bicyclic) bond motifs is 3. The van der Waals surface area contributed by atoms with Gasteiger partial charge in [0.15, 0.2) is 0 Å². The summed E-state index contributed by atoms with van der Waals surface area (Å²) in [7, 11) is 0. The van der Waals surface area contributed by atoms with Gasteiger partial charge >= 0.3 is 18.3 Å². The van der Waals surface area contributed by atoms with E-state index in [1.54, 1.807) is 18.2 Å². The Balaban J connectivity index is 1.51. The molecule has 1 N–H and O–H groups in total. The van der Waals surface area contributed by atoms with E-state index in [4.69, 9.17) is 9.63 Å². The minimum absolute atomic E-state index is 0.00822. The van der Waals surface area contributed by atoms with Gasteiger partial charge in [0.2, 0.25) is 5.82 Å². The summed E-state index contributed by atoms with van der Waals surface area (Å²) in [6.07, 6.45) is -9.28. The minimum atomic E-state index is -5.00. The number of alkyl halides is 6. The monoisotopic (exact) mass is 495 g/mol. The first-order valence-corrected chi connectivity index (χ1v) is 10.4. The number of aromatic nitrogens is 3. The summed E-state index contributed by atoms with van der Waals surface area (Å²) in [6.45, 7) is 0.666. The van der Waals surface area contributed by atoms with Gasteiger partial charge in [0, 0.05) is 40.2 Å². The maximum Gasteiger partial charge on any atom is 0.416 e. The molecule has 6 nitrogen and oxygen atoms in total. The Morgan fingerprint density at radius 1 is 1.00 bits per heavy atom. The minimum Gasteiger partial charge on any atom is -0.481 e. The molecule has 0 saturated heterocycles. The Morgan fingerprint density at radius 3 is 2.31 bits per heavy atom. The molecule has 5 rings (SSSR count). The number of aliphatic carboxylic acids is 1. The van der Waals surface area contributed by atoms with Crippen molar-refractivity contribution in [2.24, 2.45) is 0 Å². The summed E-state index contributed by atoms with van der Waals surface area (Å²) in [5, 5.41) is 13.6. The molecule has 0 aliphatic carbocycles. The van der Waals surface area contributed by atoms with Crippen LogP contribution >= 0.6 is 0 Å². The Kier molecular flexibility index (Phi) is 5.15. The first-order chi connectivity index (χ1) is 16.4. The lowest BCUT2D eigenvalue weighted by Gasteiger charge is -2.12. The van der Waals surface area contributed by atoms with Crippen molar-refractivity contribution in [1.29, 1.82) is 0 Å².